The summed E-state index contributed by atoms with van der Waals surface area (Å²) in [5, 5.41) is 17.5. The number of halogens is 4. The number of carbonyl (C=O) groups excluding carboxylic acids is 2. The van der Waals surface area contributed by atoms with E-state index in [-0.39, 0.29) is 12.8 Å². The third-order valence-corrected chi connectivity index (χ3v) is 3.60. The molecule has 0 spiro atoms. The number of rotatable bonds is 0. The first-order chi connectivity index (χ1) is 10.3. The summed E-state index contributed by atoms with van der Waals surface area (Å²) in [6.07, 6.45) is -0.615. The van der Waals surface area contributed by atoms with Gasteiger partial charge in [0.05, 0.1) is 21.9 Å². The molecule has 0 unspecified atom stereocenters. The molecule has 8 heteroatoms. The number of phenolic OH excluding ortho intramolecular Hbond substituents is 2. The van der Waals surface area contributed by atoms with Crippen molar-refractivity contribution in [1.82, 2.24) is 0 Å². The van der Waals surface area contributed by atoms with Crippen LogP contribution < -0.4 is 0 Å². The second kappa shape index (κ2) is 4.43. The van der Waals surface area contributed by atoms with Gasteiger partial charge in [-0.3, -0.25) is 9.59 Å². The molecule has 0 amide bonds. The van der Waals surface area contributed by atoms with E-state index in [1.807, 2.05) is 0 Å². The van der Waals surface area contributed by atoms with Gasteiger partial charge in [0.2, 0.25) is 0 Å². The molecule has 2 N–H and O–H groups in total. The normalized spacial score (nSPS) is 14.5. The number of carbonyl (C=O) groups is 2. The Morgan fingerprint density at radius 1 is 0.636 bits per heavy atom. The smallest absolute Gasteiger partial charge is 0.198 e. The summed E-state index contributed by atoms with van der Waals surface area (Å²) in [4.78, 5) is 23.6. The maximum atomic E-state index is 13.8. The molecule has 3 rings (SSSR count). The van der Waals surface area contributed by atoms with Crippen LogP contribution in [0.15, 0.2) is 0 Å². The molecule has 0 fully saturated rings. The van der Waals surface area contributed by atoms with Crippen molar-refractivity contribution in [3.8, 4) is 11.5 Å². The lowest BCUT2D eigenvalue weighted by Gasteiger charge is -2.19. The van der Waals surface area contributed by atoms with Crippen LogP contribution in [0, 0.1) is 23.3 Å². The van der Waals surface area contributed by atoms with Crippen molar-refractivity contribution in [3.63, 3.8) is 0 Å². The Morgan fingerprint density at radius 2 is 0.955 bits per heavy atom. The number of phenols is 2. The zero-order valence-electron chi connectivity index (χ0n) is 10.6. The summed E-state index contributed by atoms with van der Waals surface area (Å²) in [6, 6.07) is 0. The third-order valence-electron chi connectivity index (χ3n) is 3.60. The lowest BCUT2D eigenvalue weighted by atomic mass is 9.85. The van der Waals surface area contributed by atoms with Crippen molar-refractivity contribution in [2.45, 2.75) is 12.8 Å². The number of hydrogen-bond acceptors (Lipinski definition) is 4. The van der Waals surface area contributed by atoms with Gasteiger partial charge in [-0.05, 0) is 0 Å². The summed E-state index contributed by atoms with van der Waals surface area (Å²) in [6.45, 7) is 0. The Balaban J connectivity index is 2.66. The zero-order chi connectivity index (χ0) is 16.3. The zero-order valence-corrected chi connectivity index (χ0v) is 10.6. The van der Waals surface area contributed by atoms with Crippen LogP contribution in [0.1, 0.15) is 33.6 Å². The summed E-state index contributed by atoms with van der Waals surface area (Å²) < 4.78 is 54.3. The van der Waals surface area contributed by atoms with Gasteiger partial charge in [0.15, 0.2) is 34.8 Å². The monoisotopic (exact) mass is 314 g/mol. The second-order valence-corrected chi connectivity index (χ2v) is 4.80. The Labute approximate surface area is 119 Å². The SMILES string of the molecule is O=C1CCC(=O)c2c1c(O)c1c(F)c(F)c(F)c(F)c1c2O. The van der Waals surface area contributed by atoms with Gasteiger partial charge in [0.1, 0.15) is 11.5 Å². The van der Waals surface area contributed by atoms with E-state index in [1.165, 1.54) is 0 Å². The molecule has 0 heterocycles. The highest BCUT2D eigenvalue weighted by atomic mass is 19.2. The number of Topliss-reactive ketones (excluding diaryl/α,β-unsaturated/α-hetero) is 2. The van der Waals surface area contributed by atoms with E-state index in [0.29, 0.717) is 0 Å². The number of hydrogen-bond donors (Lipinski definition) is 2. The predicted octanol–water partition coefficient (Wildman–Crippen LogP) is 2.97. The lowest BCUT2D eigenvalue weighted by Crippen LogP contribution is -2.18. The van der Waals surface area contributed by atoms with Crippen LogP contribution in [0.5, 0.6) is 11.5 Å². The van der Waals surface area contributed by atoms with Gasteiger partial charge < -0.3 is 10.2 Å². The van der Waals surface area contributed by atoms with Gasteiger partial charge in [0.25, 0.3) is 0 Å². The molecule has 0 atom stereocenters. The molecule has 2 aromatic rings. The van der Waals surface area contributed by atoms with Gasteiger partial charge in [-0.15, -0.1) is 0 Å². The van der Waals surface area contributed by atoms with E-state index < -0.39 is 68.2 Å². The largest absolute Gasteiger partial charge is 0.506 e. The first kappa shape index (κ1) is 14.3. The summed E-state index contributed by atoms with van der Waals surface area (Å²) >= 11 is 0. The number of fused-ring (bicyclic) bond motifs is 2. The van der Waals surface area contributed by atoms with E-state index in [4.69, 9.17) is 0 Å². The molecule has 0 saturated carbocycles. The second-order valence-electron chi connectivity index (χ2n) is 4.80. The van der Waals surface area contributed by atoms with E-state index in [0.717, 1.165) is 0 Å². The van der Waals surface area contributed by atoms with Gasteiger partial charge in [-0.2, -0.15) is 0 Å². The Morgan fingerprint density at radius 3 is 1.27 bits per heavy atom. The number of aromatic hydroxyl groups is 2. The van der Waals surface area contributed by atoms with Crippen LogP contribution in [0.4, 0.5) is 17.6 Å². The molecule has 1 aliphatic rings. The fraction of sp³-hybridized carbons (Fsp3) is 0.143. The fourth-order valence-corrected chi connectivity index (χ4v) is 2.58. The minimum Gasteiger partial charge on any atom is -0.506 e. The molecular formula is C14H6F4O4. The van der Waals surface area contributed by atoms with E-state index in [1.54, 1.807) is 0 Å². The predicted molar refractivity (Wildman–Crippen MR) is 65.0 cm³/mol. The molecule has 0 aromatic heterocycles. The van der Waals surface area contributed by atoms with Crippen molar-refractivity contribution in [1.29, 1.82) is 0 Å². The highest BCUT2D eigenvalue weighted by molar-refractivity contribution is 6.21. The van der Waals surface area contributed by atoms with Crippen LogP contribution in [0.3, 0.4) is 0 Å². The van der Waals surface area contributed by atoms with Crippen LogP contribution in [-0.4, -0.2) is 21.8 Å². The van der Waals surface area contributed by atoms with Crippen LogP contribution in [-0.2, 0) is 0 Å². The maximum absolute atomic E-state index is 13.8. The number of benzene rings is 2. The number of ketones is 2. The van der Waals surface area contributed by atoms with Gasteiger partial charge in [0, 0.05) is 12.8 Å². The molecule has 0 saturated heterocycles. The third kappa shape index (κ3) is 1.57. The van der Waals surface area contributed by atoms with Crippen molar-refractivity contribution in [2.24, 2.45) is 0 Å². The topological polar surface area (TPSA) is 74.6 Å². The Kier molecular flexibility index (Phi) is 2.88. The highest BCUT2D eigenvalue weighted by Crippen LogP contribution is 2.45. The van der Waals surface area contributed by atoms with Crippen molar-refractivity contribution < 1.29 is 37.4 Å². The standard InChI is InChI=1S/C14H6F4O4/c15-9-7-8(10(16)12(18)11(9)17)14(22)6-4(20)2-1-3(19)5(6)13(7)21/h21-22H,1-2H2. The molecule has 4 nitrogen and oxygen atoms in total. The van der Waals surface area contributed by atoms with Gasteiger partial charge in [-0.25, -0.2) is 17.6 Å². The molecule has 0 radical (unpaired) electrons. The molecule has 22 heavy (non-hydrogen) atoms. The quantitative estimate of drug-likeness (QED) is 0.339. The molecule has 0 aliphatic heterocycles. The Hall–Kier alpha value is -2.64. The first-order valence-electron chi connectivity index (χ1n) is 6.07. The van der Waals surface area contributed by atoms with Crippen molar-refractivity contribution in [3.05, 3.63) is 34.4 Å². The summed E-state index contributed by atoms with van der Waals surface area (Å²) in [5.74, 6) is -12.3. The van der Waals surface area contributed by atoms with Crippen LogP contribution >= 0.6 is 0 Å². The lowest BCUT2D eigenvalue weighted by molar-refractivity contribution is 0.0885. The average molecular weight is 314 g/mol. The van der Waals surface area contributed by atoms with Gasteiger partial charge >= 0.3 is 0 Å². The van der Waals surface area contributed by atoms with Crippen molar-refractivity contribution >= 4 is 22.3 Å². The summed E-state index contributed by atoms with van der Waals surface area (Å²) in [7, 11) is 0. The molecular weight excluding hydrogens is 308 g/mol. The van der Waals surface area contributed by atoms with Crippen LogP contribution in [0.2, 0.25) is 0 Å². The first-order valence-corrected chi connectivity index (χ1v) is 6.07. The molecule has 0 bridgehead atoms. The van der Waals surface area contributed by atoms with E-state index >= 15 is 0 Å². The van der Waals surface area contributed by atoms with Gasteiger partial charge in [-0.1, -0.05) is 0 Å². The average Bonchev–Trinajstić information content (AvgIpc) is 2.48. The minimum atomic E-state index is -2.20. The highest BCUT2D eigenvalue weighted by Gasteiger charge is 2.36. The Bertz CT molecular complexity index is 817. The summed E-state index contributed by atoms with van der Waals surface area (Å²) in [5.41, 5.74) is -1.43. The molecule has 1 aliphatic carbocycles. The van der Waals surface area contributed by atoms with E-state index in [2.05, 4.69) is 0 Å². The molecule has 2 aromatic carbocycles. The maximum Gasteiger partial charge on any atom is 0.198 e. The van der Waals surface area contributed by atoms with Crippen molar-refractivity contribution in [2.75, 3.05) is 0 Å². The van der Waals surface area contributed by atoms with Crippen LogP contribution in [0.25, 0.3) is 10.8 Å². The van der Waals surface area contributed by atoms with E-state index in [9.17, 15) is 37.4 Å². The minimum absolute atomic E-state index is 0.307. The molecule has 114 valence electrons. The fourth-order valence-electron chi connectivity index (χ4n) is 2.58.